The second-order valence-corrected chi connectivity index (χ2v) is 8.28. The highest BCUT2D eigenvalue weighted by Gasteiger charge is 2.34. The summed E-state index contributed by atoms with van der Waals surface area (Å²) < 4.78 is 10.9. The Morgan fingerprint density at radius 2 is 1.77 bits per heavy atom. The van der Waals surface area contributed by atoms with Crippen molar-refractivity contribution in [1.82, 2.24) is 14.7 Å². The van der Waals surface area contributed by atoms with Gasteiger partial charge in [-0.3, -0.25) is 9.69 Å². The molecule has 2 heterocycles. The highest BCUT2D eigenvalue weighted by molar-refractivity contribution is 6.20. The molecule has 0 radical (unpaired) electrons. The number of carbonyl (C=O) groups is 2. The Bertz CT molecular complexity index is 841. The van der Waals surface area contributed by atoms with Crippen LogP contribution in [0.1, 0.15) is 36.9 Å². The van der Waals surface area contributed by atoms with Gasteiger partial charge >= 0.3 is 0 Å². The van der Waals surface area contributed by atoms with Gasteiger partial charge in [0.1, 0.15) is 12.3 Å². The van der Waals surface area contributed by atoms with Crippen LogP contribution in [0.4, 0.5) is 0 Å². The molecule has 1 amide bonds. The third-order valence-electron chi connectivity index (χ3n) is 6.41. The van der Waals surface area contributed by atoms with E-state index < -0.39 is 6.04 Å². The van der Waals surface area contributed by atoms with Gasteiger partial charge in [0.25, 0.3) is 5.91 Å². The van der Waals surface area contributed by atoms with Gasteiger partial charge in [0.05, 0.1) is 19.8 Å². The lowest BCUT2D eigenvalue weighted by atomic mass is 9.90. The number of methoxy groups -OCH3 is 2. The third kappa shape index (κ3) is 3.90. The molecule has 1 atom stereocenters. The molecule has 1 aliphatic carbocycles. The topological polar surface area (TPSA) is 62.3 Å². The van der Waals surface area contributed by atoms with Crippen LogP contribution in [0, 0.1) is 5.92 Å². The summed E-state index contributed by atoms with van der Waals surface area (Å²) >= 11 is 0. The van der Waals surface area contributed by atoms with Crippen molar-refractivity contribution in [2.75, 3.05) is 53.5 Å². The van der Waals surface area contributed by atoms with Crippen molar-refractivity contribution in [3.63, 3.8) is 0 Å². The zero-order valence-electron chi connectivity index (χ0n) is 18.1. The fourth-order valence-electron chi connectivity index (χ4n) is 4.45. The van der Waals surface area contributed by atoms with E-state index in [0.717, 1.165) is 56.1 Å². The van der Waals surface area contributed by atoms with Gasteiger partial charge in [-0.2, -0.15) is 0 Å². The van der Waals surface area contributed by atoms with Gasteiger partial charge in [-0.1, -0.05) is 0 Å². The first-order chi connectivity index (χ1) is 14.6. The van der Waals surface area contributed by atoms with E-state index >= 15 is 0 Å². The molecule has 30 heavy (non-hydrogen) atoms. The van der Waals surface area contributed by atoms with Crippen LogP contribution in [-0.2, 0) is 9.59 Å². The van der Waals surface area contributed by atoms with Gasteiger partial charge in [0.15, 0.2) is 11.5 Å². The molecule has 162 valence electrons. The monoisotopic (exact) mass is 413 g/mol. The minimum atomic E-state index is -0.447. The first kappa shape index (κ1) is 20.7. The highest BCUT2D eigenvalue weighted by Crippen LogP contribution is 2.41. The summed E-state index contributed by atoms with van der Waals surface area (Å²) in [4.78, 5) is 31.8. The lowest BCUT2D eigenvalue weighted by Gasteiger charge is -2.38. The fourth-order valence-corrected chi connectivity index (χ4v) is 4.45. The molecule has 7 heteroatoms. The summed E-state index contributed by atoms with van der Waals surface area (Å²) in [5.41, 5.74) is 2.14. The van der Waals surface area contributed by atoms with E-state index in [0.29, 0.717) is 23.6 Å². The van der Waals surface area contributed by atoms with Crippen molar-refractivity contribution in [2.45, 2.75) is 25.8 Å². The minimum absolute atomic E-state index is 0.0114. The Hall–Kier alpha value is -2.54. The Morgan fingerprint density at radius 3 is 2.33 bits per heavy atom. The van der Waals surface area contributed by atoms with E-state index in [1.54, 1.807) is 14.2 Å². The van der Waals surface area contributed by atoms with Crippen LogP contribution < -0.4 is 9.47 Å². The number of benzene rings is 1. The quantitative estimate of drug-likeness (QED) is 0.639. The molecular weight excluding hydrogens is 382 g/mol. The summed E-state index contributed by atoms with van der Waals surface area (Å²) in [6, 6.07) is 3.20. The van der Waals surface area contributed by atoms with Crippen LogP contribution in [0.15, 0.2) is 18.3 Å². The molecule has 4 rings (SSSR count). The largest absolute Gasteiger partial charge is 0.493 e. The summed E-state index contributed by atoms with van der Waals surface area (Å²) in [5.74, 6) is 1.98. The van der Waals surface area contributed by atoms with Gasteiger partial charge < -0.3 is 24.1 Å². The molecule has 1 unspecified atom stereocenters. The maximum Gasteiger partial charge on any atom is 0.256 e. The Labute approximate surface area is 178 Å². The Morgan fingerprint density at radius 1 is 1.10 bits per heavy atom. The molecule has 1 saturated heterocycles. The van der Waals surface area contributed by atoms with Crippen LogP contribution in [0.25, 0.3) is 5.57 Å². The number of likely N-dealkylation sites (N-methyl/N-ethyl adjacent to an activating group) is 1. The number of rotatable bonds is 7. The number of ether oxygens (including phenoxy) is 2. The second kappa shape index (κ2) is 8.68. The van der Waals surface area contributed by atoms with Gasteiger partial charge in [0.2, 0.25) is 0 Å². The van der Waals surface area contributed by atoms with Crippen molar-refractivity contribution in [1.29, 1.82) is 0 Å². The van der Waals surface area contributed by atoms with E-state index in [-0.39, 0.29) is 5.91 Å². The SMILES string of the molecule is CCN1C=C(C(=O)N2CCN(CC3CC3)CC2)c2cc(OC)c(OC)cc2C1C=O. The van der Waals surface area contributed by atoms with Gasteiger partial charge in [0, 0.05) is 45.5 Å². The molecule has 1 saturated carbocycles. The maximum atomic E-state index is 13.5. The number of carbonyl (C=O) groups excluding carboxylic acids is 2. The lowest BCUT2D eigenvalue weighted by Crippen LogP contribution is -2.49. The van der Waals surface area contributed by atoms with E-state index in [4.69, 9.17) is 9.47 Å². The molecule has 2 fully saturated rings. The zero-order chi connectivity index (χ0) is 21.3. The number of hydrogen-bond donors (Lipinski definition) is 0. The molecule has 1 aromatic rings. The normalized spacial score (nSPS) is 21.7. The predicted octanol–water partition coefficient (Wildman–Crippen LogP) is 2.17. The molecule has 0 spiro atoms. The van der Waals surface area contributed by atoms with Crippen molar-refractivity contribution in [3.8, 4) is 11.5 Å². The molecule has 1 aromatic carbocycles. The van der Waals surface area contributed by atoms with Crippen molar-refractivity contribution in [3.05, 3.63) is 29.5 Å². The van der Waals surface area contributed by atoms with Gasteiger partial charge in [-0.25, -0.2) is 0 Å². The van der Waals surface area contributed by atoms with E-state index in [1.807, 2.05) is 35.1 Å². The summed E-state index contributed by atoms with van der Waals surface area (Å²) in [7, 11) is 3.15. The smallest absolute Gasteiger partial charge is 0.256 e. The number of nitrogens with zero attached hydrogens (tertiary/aromatic N) is 3. The standard InChI is InChI=1S/C23H31N3O4/c1-4-25-14-19(23(28)26-9-7-24(8-10-26)13-16-5-6-16)17-11-21(29-2)22(30-3)12-18(17)20(25)15-27/h11-12,14-16,20H,4-10,13H2,1-3H3. The summed E-state index contributed by atoms with van der Waals surface area (Å²) in [6.45, 7) is 7.07. The van der Waals surface area contributed by atoms with E-state index in [2.05, 4.69) is 4.90 Å². The average molecular weight is 414 g/mol. The minimum Gasteiger partial charge on any atom is -0.493 e. The average Bonchev–Trinajstić information content (AvgIpc) is 3.60. The van der Waals surface area contributed by atoms with Crippen molar-refractivity contribution < 1.29 is 19.1 Å². The first-order valence-corrected chi connectivity index (χ1v) is 10.8. The molecule has 0 bridgehead atoms. The van der Waals surface area contributed by atoms with E-state index in [1.165, 1.54) is 12.8 Å². The molecule has 3 aliphatic rings. The molecule has 0 N–H and O–H groups in total. The number of hydrogen-bond acceptors (Lipinski definition) is 6. The van der Waals surface area contributed by atoms with Crippen LogP contribution in [0.5, 0.6) is 11.5 Å². The van der Waals surface area contributed by atoms with E-state index in [9.17, 15) is 9.59 Å². The Balaban J connectivity index is 1.62. The highest BCUT2D eigenvalue weighted by atomic mass is 16.5. The molecule has 0 aromatic heterocycles. The Kier molecular flexibility index (Phi) is 5.99. The van der Waals surface area contributed by atoms with Crippen molar-refractivity contribution in [2.24, 2.45) is 5.92 Å². The lowest BCUT2D eigenvalue weighted by molar-refractivity contribution is -0.127. The summed E-state index contributed by atoms with van der Waals surface area (Å²) in [5, 5.41) is 0. The molecule has 7 nitrogen and oxygen atoms in total. The van der Waals surface area contributed by atoms with Crippen molar-refractivity contribution >= 4 is 17.8 Å². The second-order valence-electron chi connectivity index (χ2n) is 8.28. The maximum absolute atomic E-state index is 13.5. The third-order valence-corrected chi connectivity index (χ3v) is 6.41. The number of amides is 1. The molecular formula is C23H31N3O4. The fraction of sp³-hybridized carbons (Fsp3) is 0.565. The number of fused-ring (bicyclic) bond motifs is 1. The molecule has 2 aliphatic heterocycles. The van der Waals surface area contributed by atoms with Gasteiger partial charge in [-0.15, -0.1) is 0 Å². The predicted molar refractivity (Wildman–Crippen MR) is 114 cm³/mol. The zero-order valence-corrected chi connectivity index (χ0v) is 18.1. The van der Waals surface area contributed by atoms with Crippen LogP contribution in [0.3, 0.4) is 0 Å². The number of piperazine rings is 1. The number of aldehydes is 1. The summed E-state index contributed by atoms with van der Waals surface area (Å²) in [6.07, 6.45) is 5.45. The van der Waals surface area contributed by atoms with Crippen LogP contribution in [0.2, 0.25) is 0 Å². The van der Waals surface area contributed by atoms with Crippen LogP contribution >= 0.6 is 0 Å². The van der Waals surface area contributed by atoms with Gasteiger partial charge in [-0.05, 0) is 48.9 Å². The first-order valence-electron chi connectivity index (χ1n) is 10.8. The van der Waals surface area contributed by atoms with Crippen LogP contribution in [-0.4, -0.2) is 80.4 Å².